The monoisotopic (exact) mass is 208 g/mol. The average Bonchev–Trinajstić information content (AvgIpc) is 2.82. The first-order valence-corrected chi connectivity index (χ1v) is 5.03. The predicted octanol–water partition coefficient (Wildman–Crippen LogP) is 1.50. The summed E-state index contributed by atoms with van der Waals surface area (Å²) >= 11 is 0. The van der Waals surface area contributed by atoms with Crippen molar-refractivity contribution in [1.82, 2.24) is 4.90 Å². The van der Waals surface area contributed by atoms with E-state index in [0.29, 0.717) is 13.1 Å². The van der Waals surface area contributed by atoms with Crippen LogP contribution in [0.4, 0.5) is 13.2 Å². The van der Waals surface area contributed by atoms with Crippen LogP contribution < -0.4 is 5.73 Å². The van der Waals surface area contributed by atoms with Crippen molar-refractivity contribution in [3.05, 3.63) is 0 Å². The zero-order valence-electron chi connectivity index (χ0n) is 7.98. The molecule has 1 aliphatic carbocycles. The van der Waals surface area contributed by atoms with Crippen molar-refractivity contribution in [2.24, 2.45) is 5.73 Å². The molecule has 0 aromatic rings. The first-order chi connectivity index (χ1) is 6.46. The molecular weight excluding hydrogens is 193 g/mol. The van der Waals surface area contributed by atoms with E-state index in [9.17, 15) is 13.2 Å². The number of nitrogens with zero attached hydrogens (tertiary/aromatic N) is 1. The van der Waals surface area contributed by atoms with E-state index in [1.54, 1.807) is 4.90 Å². The number of rotatable bonds is 1. The van der Waals surface area contributed by atoms with Crippen LogP contribution in [0.3, 0.4) is 0 Å². The Morgan fingerprint density at radius 2 is 1.93 bits per heavy atom. The number of halogens is 3. The van der Waals surface area contributed by atoms with Crippen LogP contribution in [-0.4, -0.2) is 35.7 Å². The van der Waals surface area contributed by atoms with Gasteiger partial charge in [0.25, 0.3) is 0 Å². The molecule has 5 heteroatoms. The topological polar surface area (TPSA) is 29.3 Å². The number of alkyl halides is 3. The summed E-state index contributed by atoms with van der Waals surface area (Å²) in [5.74, 6) is 0. The maximum atomic E-state index is 12.7. The lowest BCUT2D eigenvalue weighted by Crippen LogP contribution is -2.54. The third-order valence-corrected chi connectivity index (χ3v) is 3.31. The molecular formula is C9H15F3N2. The van der Waals surface area contributed by atoms with Crippen molar-refractivity contribution in [2.45, 2.75) is 43.4 Å². The lowest BCUT2D eigenvalue weighted by atomic mass is 10.0. The second kappa shape index (κ2) is 3.10. The SMILES string of the molecule is NC1CCCN(C2(C(F)(F)F)CC2)C1. The molecule has 1 aliphatic heterocycles. The van der Waals surface area contributed by atoms with Crippen LogP contribution in [0.15, 0.2) is 0 Å². The highest BCUT2D eigenvalue weighted by atomic mass is 19.4. The van der Waals surface area contributed by atoms with Gasteiger partial charge in [-0.05, 0) is 32.2 Å². The highest BCUT2D eigenvalue weighted by Crippen LogP contribution is 2.54. The number of hydrogen-bond donors (Lipinski definition) is 1. The van der Waals surface area contributed by atoms with Gasteiger partial charge in [-0.15, -0.1) is 0 Å². The fourth-order valence-electron chi connectivity index (χ4n) is 2.30. The molecule has 1 unspecified atom stereocenters. The molecule has 2 fully saturated rings. The fourth-order valence-corrected chi connectivity index (χ4v) is 2.30. The van der Waals surface area contributed by atoms with E-state index in [0.717, 1.165) is 12.8 Å². The Morgan fingerprint density at radius 3 is 2.36 bits per heavy atom. The molecule has 82 valence electrons. The van der Waals surface area contributed by atoms with Gasteiger partial charge in [-0.1, -0.05) is 0 Å². The van der Waals surface area contributed by atoms with Crippen molar-refractivity contribution < 1.29 is 13.2 Å². The number of likely N-dealkylation sites (tertiary alicyclic amines) is 1. The molecule has 2 rings (SSSR count). The first-order valence-electron chi connectivity index (χ1n) is 5.03. The Kier molecular flexibility index (Phi) is 2.27. The van der Waals surface area contributed by atoms with Crippen LogP contribution in [0, 0.1) is 0 Å². The largest absolute Gasteiger partial charge is 0.406 e. The molecule has 1 saturated heterocycles. The zero-order chi connectivity index (χ0) is 10.4. The van der Waals surface area contributed by atoms with Gasteiger partial charge in [0.05, 0.1) is 0 Å². The molecule has 0 amide bonds. The summed E-state index contributed by atoms with van der Waals surface area (Å²) in [6.45, 7) is 0.951. The van der Waals surface area contributed by atoms with Gasteiger partial charge in [0.2, 0.25) is 0 Å². The van der Waals surface area contributed by atoms with Gasteiger partial charge in [0.15, 0.2) is 0 Å². The lowest BCUT2D eigenvalue weighted by molar-refractivity contribution is -0.199. The number of hydrogen-bond acceptors (Lipinski definition) is 2. The summed E-state index contributed by atoms with van der Waals surface area (Å²) in [7, 11) is 0. The highest BCUT2D eigenvalue weighted by Gasteiger charge is 2.66. The van der Waals surface area contributed by atoms with Crippen LogP contribution in [0.25, 0.3) is 0 Å². The number of nitrogens with two attached hydrogens (primary N) is 1. The van der Waals surface area contributed by atoms with Gasteiger partial charge in [0, 0.05) is 12.6 Å². The normalized spacial score (nSPS) is 33.0. The third-order valence-electron chi connectivity index (χ3n) is 3.31. The van der Waals surface area contributed by atoms with Gasteiger partial charge in [-0.25, -0.2) is 0 Å². The standard InChI is InChI=1S/C9H15F3N2/c10-9(11,12)8(3-4-8)14-5-1-2-7(13)6-14/h7H,1-6,13H2. The molecule has 2 aliphatic rings. The molecule has 0 bridgehead atoms. The van der Waals surface area contributed by atoms with Crippen LogP contribution >= 0.6 is 0 Å². The van der Waals surface area contributed by atoms with Gasteiger partial charge >= 0.3 is 6.18 Å². The Bertz CT molecular complexity index is 223. The zero-order valence-corrected chi connectivity index (χ0v) is 7.98. The molecule has 2 N–H and O–H groups in total. The van der Waals surface area contributed by atoms with Crippen LogP contribution in [0.2, 0.25) is 0 Å². The summed E-state index contributed by atoms with van der Waals surface area (Å²) in [6.07, 6.45) is -1.93. The van der Waals surface area contributed by atoms with Gasteiger partial charge < -0.3 is 5.73 Å². The molecule has 2 nitrogen and oxygen atoms in total. The van der Waals surface area contributed by atoms with Gasteiger partial charge in [0.1, 0.15) is 5.54 Å². The molecule has 1 saturated carbocycles. The molecule has 0 radical (unpaired) electrons. The fraction of sp³-hybridized carbons (Fsp3) is 1.00. The van der Waals surface area contributed by atoms with Crippen molar-refractivity contribution in [2.75, 3.05) is 13.1 Å². The smallest absolute Gasteiger partial charge is 0.327 e. The predicted molar refractivity (Wildman–Crippen MR) is 46.8 cm³/mol. The van der Waals surface area contributed by atoms with E-state index < -0.39 is 11.7 Å². The van der Waals surface area contributed by atoms with Crippen molar-refractivity contribution >= 4 is 0 Å². The Hall–Kier alpha value is -0.290. The molecule has 0 aromatic heterocycles. The van der Waals surface area contributed by atoms with Crippen molar-refractivity contribution in [1.29, 1.82) is 0 Å². The van der Waals surface area contributed by atoms with Crippen molar-refractivity contribution in [3.63, 3.8) is 0 Å². The Labute approximate surface area is 81.2 Å². The van der Waals surface area contributed by atoms with E-state index in [2.05, 4.69) is 0 Å². The average molecular weight is 208 g/mol. The van der Waals surface area contributed by atoms with E-state index in [1.807, 2.05) is 0 Å². The minimum absolute atomic E-state index is 0.0800. The van der Waals surface area contributed by atoms with E-state index in [1.165, 1.54) is 0 Å². The minimum Gasteiger partial charge on any atom is -0.327 e. The maximum Gasteiger partial charge on any atom is 0.406 e. The Morgan fingerprint density at radius 1 is 1.29 bits per heavy atom. The van der Waals surface area contributed by atoms with Gasteiger partial charge in [-0.2, -0.15) is 13.2 Å². The summed E-state index contributed by atoms with van der Waals surface area (Å²) in [6, 6.07) is -0.0800. The Balaban J connectivity index is 2.07. The van der Waals surface area contributed by atoms with Gasteiger partial charge in [-0.3, -0.25) is 4.90 Å². The van der Waals surface area contributed by atoms with Crippen LogP contribution in [0.5, 0.6) is 0 Å². The second-order valence-corrected chi connectivity index (χ2v) is 4.38. The summed E-state index contributed by atoms with van der Waals surface area (Å²) in [5.41, 5.74) is 4.17. The second-order valence-electron chi connectivity index (χ2n) is 4.38. The molecule has 1 atom stereocenters. The van der Waals surface area contributed by atoms with E-state index in [-0.39, 0.29) is 18.9 Å². The summed E-state index contributed by atoms with van der Waals surface area (Å²) in [5, 5.41) is 0. The van der Waals surface area contributed by atoms with Crippen molar-refractivity contribution in [3.8, 4) is 0 Å². The lowest BCUT2D eigenvalue weighted by Gasteiger charge is -2.38. The highest BCUT2D eigenvalue weighted by molar-refractivity contribution is 5.10. The molecule has 14 heavy (non-hydrogen) atoms. The summed E-state index contributed by atoms with van der Waals surface area (Å²) < 4.78 is 38.2. The number of piperidine rings is 1. The van der Waals surface area contributed by atoms with Crippen LogP contribution in [0.1, 0.15) is 25.7 Å². The first kappa shape index (κ1) is 10.2. The third kappa shape index (κ3) is 1.52. The minimum atomic E-state index is -4.08. The molecule has 0 aromatic carbocycles. The molecule has 0 spiro atoms. The van der Waals surface area contributed by atoms with E-state index in [4.69, 9.17) is 5.73 Å². The van der Waals surface area contributed by atoms with Crippen LogP contribution in [-0.2, 0) is 0 Å². The maximum absolute atomic E-state index is 12.7. The quantitative estimate of drug-likeness (QED) is 0.707. The summed E-state index contributed by atoms with van der Waals surface area (Å²) in [4.78, 5) is 1.54. The van der Waals surface area contributed by atoms with E-state index >= 15 is 0 Å². The molecule has 1 heterocycles.